The molecule has 0 atom stereocenters. The highest BCUT2D eigenvalue weighted by Crippen LogP contribution is 2.43. The minimum atomic E-state index is -0.166. The van der Waals surface area contributed by atoms with Gasteiger partial charge in [0.25, 0.3) is 0 Å². The zero-order valence-electron chi connectivity index (χ0n) is 15.3. The molecule has 0 saturated carbocycles. The molecule has 132 valence electrons. The molecule has 2 nitrogen and oxygen atoms in total. The first-order chi connectivity index (χ1) is 12.0. The Labute approximate surface area is 151 Å². The molecule has 0 spiro atoms. The Morgan fingerprint density at radius 2 is 1.20 bits per heavy atom. The predicted molar refractivity (Wildman–Crippen MR) is 107 cm³/mol. The average molecular weight is 336 g/mol. The van der Waals surface area contributed by atoms with Crippen molar-refractivity contribution in [2.75, 3.05) is 0 Å². The van der Waals surface area contributed by atoms with Crippen molar-refractivity contribution >= 4 is 12.2 Å². The number of benzene rings is 2. The number of rotatable bonds is 8. The van der Waals surface area contributed by atoms with Crippen LogP contribution in [0, 0.1) is 0 Å². The van der Waals surface area contributed by atoms with E-state index in [9.17, 15) is 10.2 Å². The summed E-state index contributed by atoms with van der Waals surface area (Å²) < 4.78 is 0. The van der Waals surface area contributed by atoms with Gasteiger partial charge in [-0.3, -0.25) is 0 Å². The Kier molecular flexibility index (Phi) is 6.08. The molecule has 2 rings (SSSR count). The minimum absolute atomic E-state index is 0.166. The van der Waals surface area contributed by atoms with E-state index in [2.05, 4.69) is 27.0 Å². The van der Waals surface area contributed by atoms with Crippen molar-refractivity contribution in [2.45, 2.75) is 44.9 Å². The lowest BCUT2D eigenvalue weighted by Crippen LogP contribution is -2.28. The molecule has 0 bridgehead atoms. The second kappa shape index (κ2) is 8.06. The number of hydrogen-bond acceptors (Lipinski definition) is 2. The van der Waals surface area contributed by atoms with Gasteiger partial charge in [0.1, 0.15) is 11.5 Å². The van der Waals surface area contributed by atoms with Crippen molar-refractivity contribution in [2.24, 2.45) is 0 Å². The molecular weight excluding hydrogens is 308 g/mol. The van der Waals surface area contributed by atoms with Crippen molar-refractivity contribution in [1.29, 1.82) is 0 Å². The molecular formula is C23H28O2. The highest BCUT2D eigenvalue weighted by molar-refractivity contribution is 5.61. The molecule has 0 aliphatic rings. The average Bonchev–Trinajstić information content (AvgIpc) is 2.62. The Balaban J connectivity index is 2.73. The van der Waals surface area contributed by atoms with Crippen LogP contribution in [0.3, 0.4) is 0 Å². The second-order valence-electron chi connectivity index (χ2n) is 6.54. The highest BCUT2D eigenvalue weighted by Gasteiger charge is 2.33. The summed E-state index contributed by atoms with van der Waals surface area (Å²) in [6.45, 7) is 12.0. The quantitative estimate of drug-likeness (QED) is 0.596. The molecule has 2 N–H and O–H groups in total. The summed E-state index contributed by atoms with van der Waals surface area (Å²) in [5, 5.41) is 20.1. The van der Waals surface area contributed by atoms with Crippen LogP contribution in [0.1, 0.15) is 61.8 Å². The van der Waals surface area contributed by atoms with Gasteiger partial charge in [-0.05, 0) is 48.2 Å². The fourth-order valence-corrected chi connectivity index (χ4v) is 3.75. The summed E-state index contributed by atoms with van der Waals surface area (Å²) in [5.74, 6) is 0.497. The van der Waals surface area contributed by atoms with Gasteiger partial charge in [-0.15, -0.1) is 0 Å². The summed E-state index contributed by atoms with van der Waals surface area (Å²) in [7, 11) is 0. The van der Waals surface area contributed by atoms with E-state index in [4.69, 9.17) is 0 Å². The third-order valence-corrected chi connectivity index (χ3v) is 4.95. The third kappa shape index (κ3) is 3.63. The zero-order chi connectivity index (χ0) is 18.4. The molecule has 0 aliphatic carbocycles. The van der Waals surface area contributed by atoms with Gasteiger partial charge in [0.2, 0.25) is 0 Å². The van der Waals surface area contributed by atoms with Crippen molar-refractivity contribution < 1.29 is 10.2 Å². The van der Waals surface area contributed by atoms with Gasteiger partial charge in [0, 0.05) is 16.5 Å². The molecule has 0 aromatic heterocycles. The SMILES string of the molecule is C=Cc1cc(C(CCC)(CCC)c2ccc(O)c(C=C)c2)ccc1O. The first-order valence-corrected chi connectivity index (χ1v) is 8.94. The van der Waals surface area contributed by atoms with E-state index < -0.39 is 0 Å². The molecule has 2 heteroatoms. The van der Waals surface area contributed by atoms with Crippen molar-refractivity contribution in [3.05, 3.63) is 71.8 Å². The van der Waals surface area contributed by atoms with Gasteiger partial charge < -0.3 is 10.2 Å². The van der Waals surface area contributed by atoms with E-state index >= 15 is 0 Å². The molecule has 2 aromatic rings. The Bertz CT molecular complexity index is 693. The van der Waals surface area contributed by atoms with Crippen LogP contribution in [0.2, 0.25) is 0 Å². The molecule has 0 aliphatic heterocycles. The lowest BCUT2D eigenvalue weighted by Gasteiger charge is -2.36. The van der Waals surface area contributed by atoms with Gasteiger partial charge in [-0.2, -0.15) is 0 Å². The lowest BCUT2D eigenvalue weighted by atomic mass is 9.68. The number of phenols is 2. The predicted octanol–water partition coefficient (Wildman–Crippen LogP) is 6.27. The highest BCUT2D eigenvalue weighted by atomic mass is 16.3. The van der Waals surface area contributed by atoms with Gasteiger partial charge in [0.05, 0.1) is 0 Å². The fraction of sp³-hybridized carbons (Fsp3) is 0.304. The van der Waals surface area contributed by atoms with Crippen molar-refractivity contribution in [3.63, 3.8) is 0 Å². The molecule has 0 amide bonds. The maximum absolute atomic E-state index is 10.0. The summed E-state index contributed by atoms with van der Waals surface area (Å²) in [6, 6.07) is 11.6. The fourth-order valence-electron chi connectivity index (χ4n) is 3.75. The first-order valence-electron chi connectivity index (χ1n) is 8.94. The van der Waals surface area contributed by atoms with E-state index in [1.165, 1.54) is 11.1 Å². The summed E-state index contributed by atoms with van der Waals surface area (Å²) >= 11 is 0. The van der Waals surface area contributed by atoms with E-state index in [0.717, 1.165) is 36.8 Å². The van der Waals surface area contributed by atoms with Gasteiger partial charge >= 0.3 is 0 Å². The largest absolute Gasteiger partial charge is 0.507 e. The number of phenolic OH excluding ortho intramolecular Hbond substituents is 2. The zero-order valence-corrected chi connectivity index (χ0v) is 15.3. The van der Waals surface area contributed by atoms with Crippen LogP contribution in [-0.2, 0) is 5.41 Å². The van der Waals surface area contributed by atoms with Crippen molar-refractivity contribution in [1.82, 2.24) is 0 Å². The summed E-state index contributed by atoms with van der Waals surface area (Å²) in [6.07, 6.45) is 7.43. The topological polar surface area (TPSA) is 40.5 Å². The molecule has 0 radical (unpaired) electrons. The van der Waals surface area contributed by atoms with E-state index in [1.807, 2.05) is 24.3 Å². The standard InChI is InChI=1S/C23H28O2/c1-5-13-23(14-6-2,19-9-11-21(24)17(7-3)15-19)20-10-12-22(25)18(8-4)16-20/h7-12,15-16,24-25H,3-6,13-14H2,1-2H3. The van der Waals surface area contributed by atoms with Crippen LogP contribution in [-0.4, -0.2) is 10.2 Å². The third-order valence-electron chi connectivity index (χ3n) is 4.95. The Hall–Kier alpha value is -2.48. The molecule has 0 fully saturated rings. The smallest absolute Gasteiger partial charge is 0.122 e. The van der Waals surface area contributed by atoms with E-state index in [0.29, 0.717) is 0 Å². The monoisotopic (exact) mass is 336 g/mol. The second-order valence-corrected chi connectivity index (χ2v) is 6.54. The van der Waals surface area contributed by atoms with Gasteiger partial charge in [-0.25, -0.2) is 0 Å². The molecule has 0 heterocycles. The molecule has 25 heavy (non-hydrogen) atoms. The van der Waals surface area contributed by atoms with Crippen LogP contribution in [0.4, 0.5) is 0 Å². The van der Waals surface area contributed by atoms with Crippen LogP contribution in [0.25, 0.3) is 12.2 Å². The number of aromatic hydroxyl groups is 2. The van der Waals surface area contributed by atoms with Crippen LogP contribution in [0.5, 0.6) is 11.5 Å². The van der Waals surface area contributed by atoms with Crippen molar-refractivity contribution in [3.8, 4) is 11.5 Å². The minimum Gasteiger partial charge on any atom is -0.507 e. The maximum atomic E-state index is 10.0. The van der Waals surface area contributed by atoms with Gasteiger partial charge in [0.15, 0.2) is 0 Å². The van der Waals surface area contributed by atoms with Gasteiger partial charge in [-0.1, -0.05) is 64.1 Å². The Morgan fingerprint density at radius 1 is 0.800 bits per heavy atom. The van der Waals surface area contributed by atoms with E-state index in [1.54, 1.807) is 24.3 Å². The van der Waals surface area contributed by atoms with Crippen LogP contribution >= 0.6 is 0 Å². The molecule has 0 saturated heterocycles. The van der Waals surface area contributed by atoms with E-state index in [-0.39, 0.29) is 16.9 Å². The van der Waals surface area contributed by atoms with Crippen LogP contribution in [0.15, 0.2) is 49.6 Å². The Morgan fingerprint density at radius 3 is 1.52 bits per heavy atom. The summed E-state index contributed by atoms with van der Waals surface area (Å²) in [4.78, 5) is 0. The molecule has 2 aromatic carbocycles. The maximum Gasteiger partial charge on any atom is 0.122 e. The number of hydrogen-bond donors (Lipinski definition) is 2. The first kappa shape index (κ1) is 18.9. The van der Waals surface area contributed by atoms with Crippen LogP contribution < -0.4 is 0 Å². The normalized spacial score (nSPS) is 11.3. The molecule has 0 unspecified atom stereocenters. The lowest BCUT2D eigenvalue weighted by molar-refractivity contribution is 0.422. The summed E-state index contributed by atoms with van der Waals surface area (Å²) in [5.41, 5.74) is 3.67.